The summed E-state index contributed by atoms with van der Waals surface area (Å²) < 4.78 is 12.5. The largest absolute Gasteiger partial charge is 0.330 e. The van der Waals surface area contributed by atoms with E-state index in [0.717, 1.165) is 8.47 Å². The second kappa shape index (κ2) is 4.94. The van der Waals surface area contributed by atoms with Crippen LogP contribution in [-0.4, -0.2) is 16.5 Å². The van der Waals surface area contributed by atoms with Crippen molar-refractivity contribution in [3.05, 3.63) is 27.8 Å². The molecule has 1 atom stereocenters. The second-order valence-corrected chi connectivity index (χ2v) is 5.11. The molecular weight excluding hydrogens is 285 g/mol. The molecule has 0 aliphatic heterocycles. The topological polar surface area (TPSA) is 43.1 Å². The quantitative estimate of drug-likeness (QED) is 0.856. The van der Waals surface area contributed by atoms with Gasteiger partial charge in [0.1, 0.15) is 0 Å². The predicted molar refractivity (Wildman–Crippen MR) is 59.5 cm³/mol. The predicted octanol–water partition coefficient (Wildman–Crippen LogP) is 1.36. The summed E-state index contributed by atoms with van der Waals surface area (Å²) in [5, 5.41) is 0. The van der Waals surface area contributed by atoms with Gasteiger partial charge in [0.15, 0.2) is 0 Å². The highest BCUT2D eigenvalue weighted by atomic mass is 127. The van der Waals surface area contributed by atoms with E-state index in [-0.39, 0.29) is 0 Å². The van der Waals surface area contributed by atoms with Crippen molar-refractivity contribution in [1.29, 1.82) is 0 Å². The van der Waals surface area contributed by atoms with E-state index in [1.54, 1.807) is 0 Å². The maximum Gasteiger partial charge on any atom is 0.0542 e. The number of rotatable bonds is 3. The highest BCUT2D eigenvalue weighted by Crippen LogP contribution is 2.10. The fraction of sp³-hybridized carbons (Fsp3) is 0.250. The molecule has 66 valence electrons. The minimum Gasteiger partial charge on any atom is -0.330 e. The summed E-state index contributed by atoms with van der Waals surface area (Å²) in [5.41, 5.74) is 5.30. The molecule has 0 fully saturated rings. The first-order valence-electron chi connectivity index (χ1n) is 3.58. The Morgan fingerprint density at radius 2 is 1.92 bits per heavy atom. The number of hydrogen-bond acceptors (Lipinski definition) is 2. The van der Waals surface area contributed by atoms with Crippen LogP contribution in [0, 0.1) is 3.57 Å². The summed E-state index contributed by atoms with van der Waals surface area (Å²) >= 11 is 2.22. The third-order valence-corrected chi connectivity index (χ3v) is 3.50. The number of benzene rings is 1. The molecule has 1 aromatic rings. The van der Waals surface area contributed by atoms with Crippen LogP contribution < -0.4 is 5.73 Å². The van der Waals surface area contributed by atoms with E-state index in [9.17, 15) is 4.21 Å². The maximum atomic E-state index is 11.4. The first-order chi connectivity index (χ1) is 5.74. The zero-order valence-corrected chi connectivity index (χ0v) is 9.47. The van der Waals surface area contributed by atoms with Crippen molar-refractivity contribution in [3.8, 4) is 0 Å². The number of hydrogen-bond donors (Lipinski definition) is 1. The molecule has 2 N–H and O–H groups in total. The van der Waals surface area contributed by atoms with E-state index in [2.05, 4.69) is 22.6 Å². The van der Waals surface area contributed by atoms with Gasteiger partial charge in [-0.1, -0.05) is 0 Å². The molecule has 0 aromatic heterocycles. The molecule has 0 aliphatic rings. The average Bonchev–Trinajstić information content (AvgIpc) is 2.06. The highest BCUT2D eigenvalue weighted by molar-refractivity contribution is 14.1. The molecule has 0 heterocycles. The lowest BCUT2D eigenvalue weighted by atomic mass is 10.4. The lowest BCUT2D eigenvalue weighted by Crippen LogP contribution is -2.10. The summed E-state index contributed by atoms with van der Waals surface area (Å²) in [6, 6.07) is 7.66. The minimum atomic E-state index is -0.920. The van der Waals surface area contributed by atoms with Crippen molar-refractivity contribution < 1.29 is 4.21 Å². The summed E-state index contributed by atoms with van der Waals surface area (Å²) in [4.78, 5) is 0.862. The van der Waals surface area contributed by atoms with Gasteiger partial charge in [0, 0.05) is 20.8 Å². The molecule has 0 saturated heterocycles. The molecule has 0 aliphatic carbocycles. The molecule has 1 aromatic carbocycles. The molecular formula is C8H10INOS. The van der Waals surface area contributed by atoms with E-state index >= 15 is 0 Å². The van der Waals surface area contributed by atoms with Crippen molar-refractivity contribution in [2.45, 2.75) is 4.90 Å². The van der Waals surface area contributed by atoms with Crippen molar-refractivity contribution >= 4 is 33.4 Å². The van der Waals surface area contributed by atoms with Crippen LogP contribution in [0.25, 0.3) is 0 Å². The van der Waals surface area contributed by atoms with Gasteiger partial charge in [-0.2, -0.15) is 0 Å². The monoisotopic (exact) mass is 295 g/mol. The summed E-state index contributed by atoms with van der Waals surface area (Å²) in [5.74, 6) is 0.542. The Morgan fingerprint density at radius 1 is 1.33 bits per heavy atom. The molecule has 0 amide bonds. The zero-order chi connectivity index (χ0) is 8.97. The lowest BCUT2D eigenvalue weighted by molar-refractivity contribution is 0.682. The molecule has 4 heteroatoms. The van der Waals surface area contributed by atoms with Crippen molar-refractivity contribution in [3.63, 3.8) is 0 Å². The van der Waals surface area contributed by atoms with E-state index in [1.165, 1.54) is 0 Å². The lowest BCUT2D eigenvalue weighted by Gasteiger charge is -1.99. The van der Waals surface area contributed by atoms with Gasteiger partial charge in [0.2, 0.25) is 0 Å². The SMILES string of the molecule is NCCS(=O)c1ccc(I)cc1. The van der Waals surface area contributed by atoms with Gasteiger partial charge < -0.3 is 5.73 Å². The van der Waals surface area contributed by atoms with E-state index in [4.69, 9.17) is 5.73 Å². The fourth-order valence-corrected chi connectivity index (χ4v) is 2.06. The fourth-order valence-electron chi connectivity index (χ4n) is 0.811. The zero-order valence-electron chi connectivity index (χ0n) is 6.50. The van der Waals surface area contributed by atoms with Gasteiger partial charge in [-0.3, -0.25) is 4.21 Å². The molecule has 0 bridgehead atoms. The Kier molecular flexibility index (Phi) is 4.17. The number of halogens is 1. The van der Waals surface area contributed by atoms with E-state index in [1.807, 2.05) is 24.3 Å². The second-order valence-electron chi connectivity index (χ2n) is 2.29. The van der Waals surface area contributed by atoms with Crippen LogP contribution in [0.5, 0.6) is 0 Å². The summed E-state index contributed by atoms with van der Waals surface area (Å²) in [6.45, 7) is 0.471. The first-order valence-corrected chi connectivity index (χ1v) is 5.98. The minimum absolute atomic E-state index is 0.471. The molecule has 12 heavy (non-hydrogen) atoms. The summed E-state index contributed by atoms with van der Waals surface area (Å²) in [6.07, 6.45) is 0. The molecule has 0 spiro atoms. The molecule has 1 unspecified atom stereocenters. The van der Waals surface area contributed by atoms with Crippen LogP contribution in [0.3, 0.4) is 0 Å². The number of nitrogens with two attached hydrogens (primary N) is 1. The van der Waals surface area contributed by atoms with Crippen LogP contribution in [0.2, 0.25) is 0 Å². The Bertz CT molecular complexity index is 273. The third kappa shape index (κ3) is 2.84. The van der Waals surface area contributed by atoms with Crippen molar-refractivity contribution in [2.24, 2.45) is 5.73 Å². The average molecular weight is 295 g/mol. The molecule has 1 rings (SSSR count). The summed E-state index contributed by atoms with van der Waals surface area (Å²) in [7, 11) is -0.920. The van der Waals surface area contributed by atoms with Crippen LogP contribution in [0.15, 0.2) is 29.2 Å². The van der Waals surface area contributed by atoms with Gasteiger partial charge in [-0.15, -0.1) is 0 Å². The molecule has 0 radical (unpaired) electrons. The Labute approximate surface area is 88.1 Å². The van der Waals surface area contributed by atoms with Crippen LogP contribution in [0.4, 0.5) is 0 Å². The van der Waals surface area contributed by atoms with Gasteiger partial charge >= 0.3 is 0 Å². The van der Waals surface area contributed by atoms with E-state index in [0.29, 0.717) is 12.3 Å². The third-order valence-electron chi connectivity index (χ3n) is 1.38. The molecule has 0 saturated carbocycles. The normalized spacial score (nSPS) is 12.8. The van der Waals surface area contributed by atoms with Gasteiger partial charge in [-0.25, -0.2) is 0 Å². The Hall–Kier alpha value is 0.0600. The van der Waals surface area contributed by atoms with Crippen LogP contribution >= 0.6 is 22.6 Å². The highest BCUT2D eigenvalue weighted by Gasteiger charge is 2.00. The maximum absolute atomic E-state index is 11.4. The van der Waals surface area contributed by atoms with Crippen molar-refractivity contribution in [2.75, 3.05) is 12.3 Å². The Morgan fingerprint density at radius 3 is 2.42 bits per heavy atom. The molecule has 2 nitrogen and oxygen atoms in total. The van der Waals surface area contributed by atoms with E-state index < -0.39 is 10.8 Å². The smallest absolute Gasteiger partial charge is 0.0542 e. The first kappa shape index (κ1) is 10.1. The standard InChI is InChI=1S/C8H10INOS/c9-7-1-3-8(4-2-7)12(11)6-5-10/h1-4H,5-6,10H2. The van der Waals surface area contributed by atoms with Gasteiger partial charge in [0.05, 0.1) is 10.8 Å². The van der Waals surface area contributed by atoms with Gasteiger partial charge in [0.25, 0.3) is 0 Å². The van der Waals surface area contributed by atoms with Gasteiger partial charge in [-0.05, 0) is 46.9 Å². The Balaban J connectivity index is 2.75. The van der Waals surface area contributed by atoms with Crippen molar-refractivity contribution in [1.82, 2.24) is 0 Å². The van der Waals surface area contributed by atoms with Crippen LogP contribution in [-0.2, 0) is 10.8 Å². The van der Waals surface area contributed by atoms with Crippen LogP contribution in [0.1, 0.15) is 0 Å².